The molecule has 2 amide bonds. The van der Waals surface area contributed by atoms with Crippen LogP contribution in [0.15, 0.2) is 65.1 Å². The number of piperidine rings is 1. The molecule has 10 nitrogen and oxygen atoms in total. The van der Waals surface area contributed by atoms with Crippen LogP contribution in [0.4, 0.5) is 5.69 Å². The molecule has 35 heavy (non-hydrogen) atoms. The number of nitro benzene ring substituents is 1. The summed E-state index contributed by atoms with van der Waals surface area (Å²) in [6.45, 7) is -0.480. The number of benzene rings is 2. The molecule has 0 bridgehead atoms. The van der Waals surface area contributed by atoms with Crippen LogP contribution in [0.3, 0.4) is 0 Å². The Bertz CT molecular complexity index is 1370. The normalized spacial score (nSPS) is 20.2. The molecule has 2 aromatic carbocycles. The van der Waals surface area contributed by atoms with E-state index in [1.54, 1.807) is 24.3 Å². The molecule has 2 aliphatic heterocycles. The van der Waals surface area contributed by atoms with Crippen molar-refractivity contribution in [2.75, 3.05) is 20.1 Å². The average molecular weight is 518 g/mol. The van der Waals surface area contributed by atoms with Gasteiger partial charge in [0.05, 0.1) is 4.92 Å². The molecule has 0 unspecified atom stereocenters. The number of rotatable bonds is 6. The maximum atomic E-state index is 13.4. The topological polar surface area (TPSA) is 135 Å². The van der Waals surface area contributed by atoms with Crippen LogP contribution in [0.2, 0.25) is 5.02 Å². The third-order valence-electron chi connectivity index (χ3n) is 6.23. The van der Waals surface area contributed by atoms with Gasteiger partial charge in [0.15, 0.2) is 4.90 Å². The second-order valence-corrected chi connectivity index (χ2v) is 10.6. The van der Waals surface area contributed by atoms with E-state index < -0.39 is 49.2 Å². The van der Waals surface area contributed by atoms with Gasteiger partial charge in [-0.3, -0.25) is 29.4 Å². The summed E-state index contributed by atoms with van der Waals surface area (Å²) in [6, 6.07) is 11.4. The minimum atomic E-state index is -4.34. The molecule has 0 aliphatic carbocycles. The number of nitrogens with zero attached hydrogens (tertiary/aromatic N) is 3. The lowest BCUT2D eigenvalue weighted by molar-refractivity contribution is -0.387. The Hall–Kier alpha value is -3.41. The first-order chi connectivity index (χ1) is 16.5. The fourth-order valence-electron chi connectivity index (χ4n) is 4.41. The van der Waals surface area contributed by atoms with Crippen LogP contribution in [0.1, 0.15) is 17.9 Å². The van der Waals surface area contributed by atoms with Crippen molar-refractivity contribution in [2.45, 2.75) is 17.2 Å². The van der Waals surface area contributed by atoms with Gasteiger partial charge in [-0.2, -0.15) is 4.31 Å². The van der Waals surface area contributed by atoms with Crippen LogP contribution in [-0.4, -0.2) is 60.3 Å². The quantitative estimate of drug-likeness (QED) is 0.326. The predicted octanol–water partition coefficient (Wildman–Crippen LogP) is 2.54. The van der Waals surface area contributed by atoms with Gasteiger partial charge in [0.2, 0.25) is 10.0 Å². The van der Waals surface area contributed by atoms with E-state index in [9.17, 15) is 32.9 Å². The van der Waals surface area contributed by atoms with Gasteiger partial charge < -0.3 is 0 Å². The minimum Gasteiger partial charge on any atom is -0.299 e. The van der Waals surface area contributed by atoms with Gasteiger partial charge in [0.25, 0.3) is 17.5 Å². The monoisotopic (exact) mass is 517 g/mol. The number of hydrogen-bond donors (Lipinski definition) is 0. The number of imide groups is 1. The van der Waals surface area contributed by atoms with E-state index in [0.717, 1.165) is 27.4 Å². The SMILES string of the molecule is CN1C(=O)C=C([C@H](c2ccc(Cl)cc2)[C@H]2CN(S(=O)(=O)c3ccccc3[N+](=O)[O-])CCC2=O)C1=O. The van der Waals surface area contributed by atoms with Crippen molar-refractivity contribution in [2.24, 2.45) is 5.92 Å². The maximum absolute atomic E-state index is 13.4. The number of para-hydroxylation sites is 1. The van der Waals surface area contributed by atoms with Crippen molar-refractivity contribution >= 4 is 44.9 Å². The molecule has 0 saturated carbocycles. The lowest BCUT2D eigenvalue weighted by Gasteiger charge is -2.35. The first kappa shape index (κ1) is 24.7. The Morgan fingerprint density at radius 3 is 2.34 bits per heavy atom. The van der Waals surface area contributed by atoms with Crippen LogP contribution in [0, 0.1) is 16.0 Å². The van der Waals surface area contributed by atoms with E-state index in [1.165, 1.54) is 19.2 Å². The minimum absolute atomic E-state index is 0.0723. The number of ketones is 1. The molecule has 0 spiro atoms. The zero-order valence-electron chi connectivity index (χ0n) is 18.5. The van der Waals surface area contributed by atoms with Crippen molar-refractivity contribution in [3.05, 3.63) is 80.9 Å². The van der Waals surface area contributed by atoms with Crippen molar-refractivity contribution in [1.29, 1.82) is 0 Å². The first-order valence-electron chi connectivity index (χ1n) is 10.6. The highest BCUT2D eigenvalue weighted by Crippen LogP contribution is 2.40. The summed E-state index contributed by atoms with van der Waals surface area (Å²) in [6.07, 6.45) is 1.00. The zero-order valence-corrected chi connectivity index (χ0v) is 20.0. The fraction of sp³-hybridized carbons (Fsp3) is 0.261. The number of carbonyl (C=O) groups is 3. The van der Waals surface area contributed by atoms with Crippen LogP contribution in [0.5, 0.6) is 0 Å². The lowest BCUT2D eigenvalue weighted by atomic mass is 9.76. The van der Waals surface area contributed by atoms with Crippen molar-refractivity contribution < 1.29 is 27.7 Å². The Morgan fingerprint density at radius 2 is 1.74 bits per heavy atom. The Labute approximate surface area is 206 Å². The van der Waals surface area contributed by atoms with Gasteiger partial charge in [-0.25, -0.2) is 8.42 Å². The molecule has 4 rings (SSSR count). The standard InChI is InChI=1S/C23H20ClN3O7S/c1-25-21(29)12-16(23(25)30)22(14-6-8-15(24)9-7-14)17-13-26(11-10-19(17)28)35(33,34)20-5-3-2-4-18(20)27(31)32/h2-9,12,17,22H,10-11,13H2,1H3/t17-,22-/m0/s1. The van der Waals surface area contributed by atoms with Gasteiger partial charge in [-0.05, 0) is 23.8 Å². The lowest BCUT2D eigenvalue weighted by Crippen LogP contribution is -2.46. The van der Waals surface area contributed by atoms with Gasteiger partial charge >= 0.3 is 0 Å². The summed E-state index contributed by atoms with van der Waals surface area (Å²) >= 11 is 6.00. The Kier molecular flexibility index (Phi) is 6.58. The summed E-state index contributed by atoms with van der Waals surface area (Å²) in [5.41, 5.74) is 0.0135. The molecule has 0 N–H and O–H groups in total. The number of sulfonamides is 1. The molecule has 2 aliphatic rings. The number of nitro groups is 1. The smallest absolute Gasteiger partial charge is 0.289 e. The molecule has 2 heterocycles. The van der Waals surface area contributed by atoms with Gasteiger partial charge in [-0.15, -0.1) is 0 Å². The van der Waals surface area contributed by atoms with E-state index in [1.807, 2.05) is 0 Å². The van der Waals surface area contributed by atoms with E-state index in [4.69, 9.17) is 11.6 Å². The summed E-state index contributed by atoms with van der Waals surface area (Å²) in [4.78, 5) is 49.3. The number of halogens is 1. The van der Waals surface area contributed by atoms with Crippen molar-refractivity contribution in [1.82, 2.24) is 9.21 Å². The summed E-state index contributed by atoms with van der Waals surface area (Å²) in [5.74, 6) is -3.32. The molecule has 0 radical (unpaired) electrons. The molecule has 12 heteroatoms. The number of carbonyl (C=O) groups excluding carboxylic acids is 3. The highest BCUT2D eigenvalue weighted by Gasteiger charge is 2.45. The maximum Gasteiger partial charge on any atom is 0.289 e. The fourth-order valence-corrected chi connectivity index (χ4v) is 6.16. The molecule has 0 aromatic heterocycles. The molecule has 1 saturated heterocycles. The number of amides is 2. The molecular formula is C23H20ClN3O7S. The number of hydrogen-bond acceptors (Lipinski definition) is 7. The Morgan fingerprint density at radius 1 is 1.09 bits per heavy atom. The molecule has 2 atom stereocenters. The summed E-state index contributed by atoms with van der Waals surface area (Å²) in [7, 11) is -3.02. The molecule has 2 aromatic rings. The average Bonchev–Trinajstić information content (AvgIpc) is 3.08. The third-order valence-corrected chi connectivity index (χ3v) is 8.39. The second-order valence-electron chi connectivity index (χ2n) is 8.24. The Balaban J connectivity index is 1.77. The van der Waals surface area contributed by atoms with E-state index >= 15 is 0 Å². The third kappa shape index (κ3) is 4.49. The number of likely N-dealkylation sites (N-methyl/N-ethyl adjacent to an activating group) is 1. The summed E-state index contributed by atoms with van der Waals surface area (Å²) < 4.78 is 27.8. The van der Waals surface area contributed by atoms with Crippen molar-refractivity contribution in [3.8, 4) is 0 Å². The highest BCUT2D eigenvalue weighted by molar-refractivity contribution is 7.89. The zero-order chi connectivity index (χ0) is 25.5. The van der Waals surface area contributed by atoms with Crippen molar-refractivity contribution in [3.63, 3.8) is 0 Å². The van der Waals surface area contributed by atoms with Crippen LogP contribution < -0.4 is 0 Å². The van der Waals surface area contributed by atoms with Gasteiger partial charge in [0, 0.05) is 61.1 Å². The molecule has 1 fully saturated rings. The van der Waals surface area contributed by atoms with Crippen LogP contribution in [-0.2, 0) is 24.4 Å². The van der Waals surface area contributed by atoms with Gasteiger partial charge in [-0.1, -0.05) is 35.9 Å². The van der Waals surface area contributed by atoms with E-state index in [2.05, 4.69) is 0 Å². The van der Waals surface area contributed by atoms with Gasteiger partial charge in [0.1, 0.15) is 5.78 Å². The molecular weight excluding hydrogens is 498 g/mol. The van der Waals surface area contributed by atoms with E-state index in [0.29, 0.717) is 10.6 Å². The predicted molar refractivity (Wildman–Crippen MR) is 125 cm³/mol. The van der Waals surface area contributed by atoms with Crippen LogP contribution in [0.25, 0.3) is 0 Å². The van der Waals surface area contributed by atoms with E-state index in [-0.39, 0.29) is 30.9 Å². The first-order valence-corrected chi connectivity index (χ1v) is 12.4. The molecule has 182 valence electrons. The summed E-state index contributed by atoms with van der Waals surface area (Å²) in [5, 5.41) is 11.9. The number of Topliss-reactive ketones (excluding diaryl/α,β-unsaturated/α-hetero) is 1. The highest BCUT2D eigenvalue weighted by atomic mass is 35.5. The second kappa shape index (κ2) is 9.33. The van der Waals surface area contributed by atoms with Crippen LogP contribution >= 0.6 is 11.6 Å². The largest absolute Gasteiger partial charge is 0.299 e.